The molecule has 3 rings (SSSR count). The van der Waals surface area contributed by atoms with E-state index < -0.39 is 0 Å². The molecule has 0 amide bonds. The zero-order valence-electron chi connectivity index (χ0n) is 13.3. The summed E-state index contributed by atoms with van der Waals surface area (Å²) in [4.78, 5) is 2.14. The Hall–Kier alpha value is -1.91. The van der Waals surface area contributed by atoms with Gasteiger partial charge in [0.05, 0.1) is 0 Å². The molecule has 1 atom stereocenters. The SMILES string of the molecule is CN(C)CCC(Oc1cccc2c1OCO2)c1ccc(Cl)cc1. The lowest BCUT2D eigenvalue weighted by Gasteiger charge is -2.22. The summed E-state index contributed by atoms with van der Waals surface area (Å²) in [5.41, 5.74) is 1.09. The third-order valence-electron chi connectivity index (χ3n) is 3.71. The summed E-state index contributed by atoms with van der Waals surface area (Å²) in [6.45, 7) is 1.15. The van der Waals surface area contributed by atoms with Gasteiger partial charge in [0.15, 0.2) is 11.5 Å². The van der Waals surface area contributed by atoms with Crippen molar-refractivity contribution in [3.63, 3.8) is 0 Å². The maximum absolute atomic E-state index is 6.26. The van der Waals surface area contributed by atoms with Gasteiger partial charge in [-0.25, -0.2) is 0 Å². The molecule has 0 aromatic heterocycles. The average Bonchev–Trinajstić information content (AvgIpc) is 3.01. The van der Waals surface area contributed by atoms with Gasteiger partial charge in [0.2, 0.25) is 12.5 Å². The van der Waals surface area contributed by atoms with Crippen LogP contribution in [0.15, 0.2) is 42.5 Å². The highest BCUT2D eigenvalue weighted by molar-refractivity contribution is 6.30. The van der Waals surface area contributed by atoms with Gasteiger partial charge in [-0.3, -0.25) is 0 Å². The lowest BCUT2D eigenvalue weighted by molar-refractivity contribution is 0.153. The highest BCUT2D eigenvalue weighted by Gasteiger charge is 2.22. The molecule has 23 heavy (non-hydrogen) atoms. The molecule has 1 aliphatic heterocycles. The highest BCUT2D eigenvalue weighted by Crippen LogP contribution is 2.42. The summed E-state index contributed by atoms with van der Waals surface area (Å²) in [5, 5.41) is 0.720. The van der Waals surface area contributed by atoms with E-state index in [1.54, 1.807) is 0 Å². The molecule has 0 N–H and O–H groups in total. The summed E-state index contributed by atoms with van der Waals surface area (Å²) in [5.74, 6) is 2.11. The molecule has 2 aromatic rings. The average molecular weight is 334 g/mol. The molecule has 1 heterocycles. The van der Waals surface area contributed by atoms with Crippen LogP contribution in [-0.4, -0.2) is 32.3 Å². The standard InChI is InChI=1S/C18H20ClNO3/c1-20(2)11-10-15(13-6-8-14(19)9-7-13)23-17-5-3-4-16-18(17)22-12-21-16/h3-9,15H,10-12H2,1-2H3. The first kappa shape index (κ1) is 16.0. The summed E-state index contributed by atoms with van der Waals surface area (Å²) >= 11 is 6.00. The van der Waals surface area contributed by atoms with Crippen LogP contribution in [0.4, 0.5) is 0 Å². The molecule has 122 valence electrons. The molecule has 0 fully saturated rings. The maximum atomic E-state index is 6.26. The molecule has 0 radical (unpaired) electrons. The predicted octanol–water partition coefficient (Wildman–Crippen LogP) is 4.14. The van der Waals surface area contributed by atoms with Gasteiger partial charge in [-0.2, -0.15) is 0 Å². The lowest BCUT2D eigenvalue weighted by Crippen LogP contribution is -2.18. The summed E-state index contributed by atoms with van der Waals surface area (Å²) < 4.78 is 17.2. The van der Waals surface area contributed by atoms with Crippen LogP contribution < -0.4 is 14.2 Å². The van der Waals surface area contributed by atoms with E-state index in [1.807, 2.05) is 42.5 Å². The fraction of sp³-hybridized carbons (Fsp3) is 0.333. The smallest absolute Gasteiger partial charge is 0.231 e. The quantitative estimate of drug-likeness (QED) is 0.795. The van der Waals surface area contributed by atoms with E-state index in [0.717, 1.165) is 29.3 Å². The first-order valence-electron chi connectivity index (χ1n) is 7.59. The van der Waals surface area contributed by atoms with Crippen molar-refractivity contribution < 1.29 is 14.2 Å². The van der Waals surface area contributed by atoms with E-state index in [4.69, 9.17) is 25.8 Å². The van der Waals surface area contributed by atoms with Crippen molar-refractivity contribution in [2.24, 2.45) is 0 Å². The summed E-state index contributed by atoms with van der Waals surface area (Å²) in [6, 6.07) is 13.5. The molecule has 0 spiro atoms. The molecule has 4 nitrogen and oxygen atoms in total. The van der Waals surface area contributed by atoms with Gasteiger partial charge in [-0.05, 0) is 43.9 Å². The molecule has 0 aliphatic carbocycles. The minimum absolute atomic E-state index is 0.0784. The Labute approximate surface area is 141 Å². The van der Waals surface area contributed by atoms with E-state index in [2.05, 4.69) is 19.0 Å². The van der Waals surface area contributed by atoms with Gasteiger partial charge in [-0.1, -0.05) is 29.8 Å². The van der Waals surface area contributed by atoms with Gasteiger partial charge < -0.3 is 19.1 Å². The number of benzene rings is 2. The van der Waals surface area contributed by atoms with Crippen LogP contribution in [-0.2, 0) is 0 Å². The van der Waals surface area contributed by atoms with Crippen LogP contribution in [0.3, 0.4) is 0 Å². The number of para-hydroxylation sites is 1. The van der Waals surface area contributed by atoms with Gasteiger partial charge in [-0.15, -0.1) is 0 Å². The van der Waals surface area contributed by atoms with Crippen LogP contribution in [0.1, 0.15) is 18.1 Å². The topological polar surface area (TPSA) is 30.9 Å². The molecule has 0 saturated heterocycles. The molecule has 1 unspecified atom stereocenters. The van der Waals surface area contributed by atoms with Crippen molar-refractivity contribution in [2.75, 3.05) is 27.4 Å². The van der Waals surface area contributed by atoms with Gasteiger partial charge in [0.1, 0.15) is 6.10 Å². The van der Waals surface area contributed by atoms with Crippen molar-refractivity contribution in [1.29, 1.82) is 0 Å². The minimum Gasteiger partial charge on any atom is -0.482 e. The molecule has 0 saturated carbocycles. The first-order chi connectivity index (χ1) is 11.1. The number of halogens is 1. The summed E-state index contributed by atoms with van der Waals surface area (Å²) in [7, 11) is 4.10. The fourth-order valence-corrected chi connectivity index (χ4v) is 2.62. The monoisotopic (exact) mass is 333 g/mol. The first-order valence-corrected chi connectivity index (χ1v) is 7.97. The van der Waals surface area contributed by atoms with E-state index in [9.17, 15) is 0 Å². The van der Waals surface area contributed by atoms with Gasteiger partial charge in [0.25, 0.3) is 0 Å². The Balaban J connectivity index is 1.83. The number of nitrogens with zero attached hydrogens (tertiary/aromatic N) is 1. The number of fused-ring (bicyclic) bond motifs is 1. The maximum Gasteiger partial charge on any atom is 0.231 e. The third-order valence-corrected chi connectivity index (χ3v) is 3.96. The Morgan fingerprint density at radius 3 is 2.65 bits per heavy atom. The molecule has 5 heteroatoms. The largest absolute Gasteiger partial charge is 0.482 e. The molecule has 2 aromatic carbocycles. The fourth-order valence-electron chi connectivity index (χ4n) is 2.50. The van der Waals surface area contributed by atoms with Crippen molar-refractivity contribution >= 4 is 11.6 Å². The van der Waals surface area contributed by atoms with Crippen molar-refractivity contribution in [1.82, 2.24) is 4.90 Å². The lowest BCUT2D eigenvalue weighted by atomic mass is 10.1. The molecular formula is C18H20ClNO3. The number of hydrogen-bond donors (Lipinski definition) is 0. The zero-order valence-corrected chi connectivity index (χ0v) is 14.0. The van der Waals surface area contributed by atoms with Crippen LogP contribution in [0, 0.1) is 0 Å². The third kappa shape index (κ3) is 3.89. The van der Waals surface area contributed by atoms with Gasteiger partial charge >= 0.3 is 0 Å². The summed E-state index contributed by atoms with van der Waals surface area (Å²) in [6.07, 6.45) is 0.782. The minimum atomic E-state index is -0.0784. The number of ether oxygens (including phenoxy) is 3. The van der Waals surface area contributed by atoms with Crippen LogP contribution in [0.25, 0.3) is 0 Å². The van der Waals surface area contributed by atoms with Crippen molar-refractivity contribution in [3.05, 3.63) is 53.1 Å². The Bertz CT molecular complexity index is 658. The predicted molar refractivity (Wildman–Crippen MR) is 90.6 cm³/mol. The van der Waals surface area contributed by atoms with E-state index in [1.165, 1.54) is 0 Å². The Morgan fingerprint density at radius 2 is 1.91 bits per heavy atom. The number of rotatable bonds is 6. The molecule has 1 aliphatic rings. The van der Waals surface area contributed by atoms with Crippen LogP contribution in [0.5, 0.6) is 17.2 Å². The van der Waals surface area contributed by atoms with E-state index in [0.29, 0.717) is 11.5 Å². The normalized spacial score (nSPS) is 14.1. The second kappa shape index (κ2) is 7.11. The second-order valence-corrected chi connectivity index (χ2v) is 6.18. The van der Waals surface area contributed by atoms with Crippen LogP contribution in [0.2, 0.25) is 5.02 Å². The Morgan fingerprint density at radius 1 is 1.13 bits per heavy atom. The zero-order chi connectivity index (χ0) is 16.2. The van der Waals surface area contributed by atoms with E-state index >= 15 is 0 Å². The number of hydrogen-bond acceptors (Lipinski definition) is 4. The Kier molecular flexibility index (Phi) is 4.94. The van der Waals surface area contributed by atoms with E-state index in [-0.39, 0.29) is 12.9 Å². The molecular weight excluding hydrogens is 314 g/mol. The van der Waals surface area contributed by atoms with Crippen molar-refractivity contribution in [3.8, 4) is 17.2 Å². The van der Waals surface area contributed by atoms with Crippen molar-refractivity contribution in [2.45, 2.75) is 12.5 Å². The highest BCUT2D eigenvalue weighted by atomic mass is 35.5. The van der Waals surface area contributed by atoms with Crippen LogP contribution >= 0.6 is 11.6 Å². The van der Waals surface area contributed by atoms with Gasteiger partial charge in [0, 0.05) is 18.0 Å². The second-order valence-electron chi connectivity index (χ2n) is 5.74. The molecule has 0 bridgehead atoms.